The Morgan fingerprint density at radius 1 is 1.26 bits per heavy atom. The molecule has 27 heavy (non-hydrogen) atoms. The maximum absolute atomic E-state index is 11.3. The lowest BCUT2D eigenvalue weighted by Gasteiger charge is -2.14. The Labute approximate surface area is 157 Å². The van der Waals surface area contributed by atoms with Crippen LogP contribution in [0.5, 0.6) is 0 Å². The number of fused-ring (bicyclic) bond motifs is 3. The van der Waals surface area contributed by atoms with Crippen molar-refractivity contribution >= 4 is 33.6 Å². The van der Waals surface area contributed by atoms with Gasteiger partial charge in [-0.1, -0.05) is 6.07 Å². The van der Waals surface area contributed by atoms with Crippen LogP contribution in [0, 0.1) is 5.92 Å². The second kappa shape index (κ2) is 7.08. The van der Waals surface area contributed by atoms with Crippen LogP contribution in [0.2, 0.25) is 0 Å². The van der Waals surface area contributed by atoms with Gasteiger partial charge in [0.15, 0.2) is 5.82 Å². The third kappa shape index (κ3) is 3.83. The van der Waals surface area contributed by atoms with Gasteiger partial charge >= 0.3 is 5.97 Å². The second-order valence-corrected chi connectivity index (χ2v) is 7.42. The molecular formula is C20H23N5O2. The number of rotatable bonds is 7. The predicted octanol–water partition coefficient (Wildman–Crippen LogP) is 2.80. The average Bonchev–Trinajstić information content (AvgIpc) is 3.45. The maximum atomic E-state index is 11.3. The number of pyridine rings is 1. The minimum absolute atomic E-state index is 0.222. The molecule has 1 saturated carbocycles. The number of anilines is 1. The Morgan fingerprint density at radius 3 is 2.78 bits per heavy atom. The fourth-order valence-corrected chi connectivity index (χ4v) is 3.15. The molecule has 0 spiro atoms. The molecule has 2 aromatic heterocycles. The first-order valence-corrected chi connectivity index (χ1v) is 9.22. The average molecular weight is 365 g/mol. The first kappa shape index (κ1) is 17.6. The second-order valence-electron chi connectivity index (χ2n) is 7.42. The zero-order chi connectivity index (χ0) is 19.0. The van der Waals surface area contributed by atoms with E-state index in [1.807, 2.05) is 20.3 Å². The number of aromatic carboxylic acids is 1. The zero-order valence-electron chi connectivity index (χ0n) is 15.6. The molecule has 7 heteroatoms. The van der Waals surface area contributed by atoms with Crippen LogP contribution in [0.4, 0.5) is 5.82 Å². The highest BCUT2D eigenvalue weighted by Crippen LogP contribution is 2.33. The molecular weight excluding hydrogens is 342 g/mol. The molecule has 1 aliphatic carbocycles. The molecule has 1 aliphatic rings. The van der Waals surface area contributed by atoms with Crippen LogP contribution in [-0.4, -0.2) is 58.1 Å². The standard InChI is InChI=1S/C20H23N5O2/c1-25(2)8-7-21-19-18-15(11-22-17(24-18)9-12-3-4-12)14-6-5-13(20(26)27)10-16(14)23-19/h5-6,10-12H,3-4,7-9H2,1-2H3,(H,21,23)(H,26,27). The van der Waals surface area contributed by atoms with Crippen molar-refractivity contribution < 1.29 is 9.90 Å². The van der Waals surface area contributed by atoms with Gasteiger partial charge in [-0.3, -0.25) is 0 Å². The minimum atomic E-state index is -0.961. The molecule has 0 atom stereocenters. The van der Waals surface area contributed by atoms with Crippen LogP contribution in [0.25, 0.3) is 21.8 Å². The Morgan fingerprint density at radius 2 is 2.07 bits per heavy atom. The van der Waals surface area contributed by atoms with Crippen molar-refractivity contribution in [2.24, 2.45) is 5.92 Å². The van der Waals surface area contributed by atoms with Gasteiger partial charge in [0.2, 0.25) is 0 Å². The van der Waals surface area contributed by atoms with E-state index in [2.05, 4.69) is 15.2 Å². The fraction of sp³-hybridized carbons (Fsp3) is 0.400. The summed E-state index contributed by atoms with van der Waals surface area (Å²) >= 11 is 0. The molecule has 0 aliphatic heterocycles. The molecule has 3 aromatic rings. The number of hydrogen-bond acceptors (Lipinski definition) is 6. The minimum Gasteiger partial charge on any atom is -0.478 e. The van der Waals surface area contributed by atoms with E-state index >= 15 is 0 Å². The summed E-state index contributed by atoms with van der Waals surface area (Å²) in [5, 5.41) is 14.4. The molecule has 1 aromatic carbocycles. The van der Waals surface area contributed by atoms with Gasteiger partial charge in [0, 0.05) is 36.5 Å². The zero-order valence-corrected chi connectivity index (χ0v) is 15.6. The number of nitrogens with zero attached hydrogens (tertiary/aromatic N) is 4. The van der Waals surface area contributed by atoms with Crippen molar-refractivity contribution in [1.29, 1.82) is 0 Å². The molecule has 7 nitrogen and oxygen atoms in total. The normalized spacial score (nSPS) is 14.2. The topological polar surface area (TPSA) is 91.2 Å². The number of carboxylic acid groups (broad SMARTS) is 1. The molecule has 2 N–H and O–H groups in total. The van der Waals surface area contributed by atoms with E-state index in [1.54, 1.807) is 18.2 Å². The Kier molecular flexibility index (Phi) is 4.61. The van der Waals surface area contributed by atoms with Crippen molar-refractivity contribution in [1.82, 2.24) is 19.9 Å². The molecule has 0 unspecified atom stereocenters. The van der Waals surface area contributed by atoms with Gasteiger partial charge in [-0.15, -0.1) is 0 Å². The Balaban J connectivity index is 1.82. The quantitative estimate of drug-likeness (QED) is 0.622. The summed E-state index contributed by atoms with van der Waals surface area (Å²) in [5.74, 6) is 1.28. The van der Waals surface area contributed by atoms with Gasteiger partial charge in [-0.05, 0) is 45.0 Å². The molecule has 4 rings (SSSR count). The van der Waals surface area contributed by atoms with Gasteiger partial charge < -0.3 is 15.3 Å². The molecule has 140 valence electrons. The Bertz CT molecular complexity index is 1010. The van der Waals surface area contributed by atoms with Crippen molar-refractivity contribution in [3.63, 3.8) is 0 Å². The number of benzene rings is 1. The van der Waals surface area contributed by atoms with E-state index in [9.17, 15) is 9.90 Å². The van der Waals surface area contributed by atoms with E-state index < -0.39 is 5.97 Å². The molecule has 0 saturated heterocycles. The van der Waals surface area contributed by atoms with Crippen LogP contribution >= 0.6 is 0 Å². The highest BCUT2D eigenvalue weighted by atomic mass is 16.4. The van der Waals surface area contributed by atoms with E-state index in [4.69, 9.17) is 9.97 Å². The van der Waals surface area contributed by atoms with Gasteiger partial charge in [-0.2, -0.15) is 0 Å². The summed E-state index contributed by atoms with van der Waals surface area (Å²) in [7, 11) is 4.03. The summed E-state index contributed by atoms with van der Waals surface area (Å²) in [6, 6.07) is 5.00. The summed E-state index contributed by atoms with van der Waals surface area (Å²) < 4.78 is 0. The van der Waals surface area contributed by atoms with Crippen LogP contribution in [0.15, 0.2) is 24.4 Å². The highest BCUT2D eigenvalue weighted by Gasteiger charge is 2.23. The number of likely N-dealkylation sites (N-methyl/N-ethyl adjacent to an activating group) is 1. The van der Waals surface area contributed by atoms with E-state index in [0.717, 1.165) is 41.6 Å². The number of nitrogens with one attached hydrogen (secondary N) is 1. The first-order chi connectivity index (χ1) is 13.0. The lowest BCUT2D eigenvalue weighted by molar-refractivity contribution is 0.0697. The number of hydrogen-bond donors (Lipinski definition) is 2. The van der Waals surface area contributed by atoms with Crippen molar-refractivity contribution in [3.05, 3.63) is 35.8 Å². The molecule has 2 heterocycles. The third-order valence-electron chi connectivity index (χ3n) is 4.85. The molecule has 1 fully saturated rings. The predicted molar refractivity (Wildman–Crippen MR) is 105 cm³/mol. The number of carboxylic acids is 1. The third-order valence-corrected chi connectivity index (χ3v) is 4.85. The summed E-state index contributed by atoms with van der Waals surface area (Å²) in [5.41, 5.74) is 1.66. The monoisotopic (exact) mass is 365 g/mol. The van der Waals surface area contributed by atoms with Crippen molar-refractivity contribution in [2.45, 2.75) is 19.3 Å². The SMILES string of the molecule is CN(C)CCNc1nc2cc(C(=O)O)ccc2c2cnc(CC3CC3)nc12. The van der Waals surface area contributed by atoms with Gasteiger partial charge in [-0.25, -0.2) is 19.7 Å². The van der Waals surface area contributed by atoms with Crippen molar-refractivity contribution in [2.75, 3.05) is 32.5 Å². The summed E-state index contributed by atoms with van der Waals surface area (Å²) in [6.45, 7) is 1.58. The van der Waals surface area contributed by atoms with Gasteiger partial charge in [0.25, 0.3) is 0 Å². The first-order valence-electron chi connectivity index (χ1n) is 9.22. The van der Waals surface area contributed by atoms with Crippen LogP contribution < -0.4 is 5.32 Å². The maximum Gasteiger partial charge on any atom is 0.335 e. The molecule has 0 bridgehead atoms. The summed E-state index contributed by atoms with van der Waals surface area (Å²) in [4.78, 5) is 27.5. The van der Waals surface area contributed by atoms with Crippen LogP contribution in [0.3, 0.4) is 0 Å². The molecule has 0 radical (unpaired) electrons. The van der Waals surface area contributed by atoms with Crippen LogP contribution in [0.1, 0.15) is 29.0 Å². The number of aromatic nitrogens is 3. The van der Waals surface area contributed by atoms with Crippen molar-refractivity contribution in [3.8, 4) is 0 Å². The lowest BCUT2D eigenvalue weighted by atomic mass is 10.1. The van der Waals surface area contributed by atoms with E-state index in [1.165, 1.54) is 12.8 Å². The van der Waals surface area contributed by atoms with Crippen LogP contribution in [-0.2, 0) is 6.42 Å². The summed E-state index contributed by atoms with van der Waals surface area (Å²) in [6.07, 6.45) is 5.26. The number of carbonyl (C=O) groups is 1. The van der Waals surface area contributed by atoms with Gasteiger partial charge in [0.05, 0.1) is 11.1 Å². The van der Waals surface area contributed by atoms with Gasteiger partial charge in [0.1, 0.15) is 11.3 Å². The smallest absolute Gasteiger partial charge is 0.335 e. The Hall–Kier alpha value is -2.80. The van der Waals surface area contributed by atoms with E-state index in [-0.39, 0.29) is 5.56 Å². The lowest BCUT2D eigenvalue weighted by Crippen LogP contribution is -2.21. The fourth-order valence-electron chi connectivity index (χ4n) is 3.15. The molecule has 0 amide bonds. The largest absolute Gasteiger partial charge is 0.478 e. The highest BCUT2D eigenvalue weighted by molar-refractivity contribution is 6.09. The van der Waals surface area contributed by atoms with E-state index in [0.29, 0.717) is 17.3 Å².